The zero-order valence-electron chi connectivity index (χ0n) is 9.81. The first kappa shape index (κ1) is 14.7. The monoisotopic (exact) mass is 332 g/mol. The van der Waals surface area contributed by atoms with E-state index in [4.69, 9.17) is 46.4 Å². The molecule has 19 heavy (non-hydrogen) atoms. The molecule has 0 heterocycles. The van der Waals surface area contributed by atoms with E-state index in [1.807, 2.05) is 19.1 Å². The summed E-state index contributed by atoms with van der Waals surface area (Å²) in [5.41, 5.74) is 1.54. The van der Waals surface area contributed by atoms with Gasteiger partial charge < -0.3 is 0 Å². The van der Waals surface area contributed by atoms with E-state index in [1.54, 1.807) is 12.1 Å². The molecule has 0 bridgehead atoms. The number of ketones is 1. The van der Waals surface area contributed by atoms with E-state index < -0.39 is 0 Å². The van der Waals surface area contributed by atoms with Gasteiger partial charge in [-0.15, -0.1) is 0 Å². The highest BCUT2D eigenvalue weighted by molar-refractivity contribution is 6.51. The van der Waals surface area contributed by atoms with E-state index in [0.717, 1.165) is 5.56 Å². The number of benzene rings is 2. The van der Waals surface area contributed by atoms with Gasteiger partial charge in [-0.05, 0) is 18.6 Å². The van der Waals surface area contributed by atoms with Gasteiger partial charge >= 0.3 is 0 Å². The highest BCUT2D eigenvalue weighted by Gasteiger charge is 2.21. The van der Waals surface area contributed by atoms with Gasteiger partial charge in [0.2, 0.25) is 0 Å². The van der Waals surface area contributed by atoms with Gasteiger partial charge in [0.25, 0.3) is 0 Å². The predicted molar refractivity (Wildman–Crippen MR) is 81.1 cm³/mol. The number of hydrogen-bond acceptors (Lipinski definition) is 1. The summed E-state index contributed by atoms with van der Waals surface area (Å²) in [6, 6.07) is 8.60. The maximum Gasteiger partial charge on any atom is 0.196 e. The summed E-state index contributed by atoms with van der Waals surface area (Å²) in [5, 5.41) is 0.614. The van der Waals surface area contributed by atoms with Gasteiger partial charge in [0.1, 0.15) is 0 Å². The summed E-state index contributed by atoms with van der Waals surface area (Å²) in [6.07, 6.45) is 0. The largest absolute Gasteiger partial charge is 0.288 e. The van der Waals surface area contributed by atoms with Gasteiger partial charge in [0.05, 0.1) is 25.7 Å². The lowest BCUT2D eigenvalue weighted by molar-refractivity contribution is 0.103. The molecule has 0 spiro atoms. The maximum atomic E-state index is 12.5. The fourth-order valence-corrected chi connectivity index (χ4v) is 2.82. The first-order valence-corrected chi connectivity index (χ1v) is 6.88. The molecular formula is C14H8Cl4O. The number of carbonyl (C=O) groups is 1. The van der Waals surface area contributed by atoms with Crippen molar-refractivity contribution in [3.63, 3.8) is 0 Å². The number of carbonyl (C=O) groups excluding carboxylic acids is 1. The van der Waals surface area contributed by atoms with Gasteiger partial charge in [-0.1, -0.05) is 70.7 Å². The Bertz CT molecular complexity index is 665. The fraction of sp³-hybridized carbons (Fsp3) is 0.0714. The van der Waals surface area contributed by atoms with Gasteiger partial charge in [0, 0.05) is 5.56 Å². The molecular weight excluding hydrogens is 326 g/mol. The molecule has 1 nitrogen and oxygen atoms in total. The van der Waals surface area contributed by atoms with Gasteiger partial charge in [-0.2, -0.15) is 0 Å². The minimum Gasteiger partial charge on any atom is -0.288 e. The normalized spacial score (nSPS) is 10.6. The Labute approximate surface area is 131 Å². The smallest absolute Gasteiger partial charge is 0.196 e. The van der Waals surface area contributed by atoms with Crippen LogP contribution >= 0.6 is 46.4 Å². The van der Waals surface area contributed by atoms with Gasteiger partial charge in [-0.25, -0.2) is 0 Å². The molecule has 0 radical (unpaired) electrons. The Hall–Kier alpha value is -0.730. The van der Waals surface area contributed by atoms with Crippen molar-refractivity contribution in [1.29, 1.82) is 0 Å². The first-order valence-electron chi connectivity index (χ1n) is 5.36. The Morgan fingerprint density at radius 1 is 0.947 bits per heavy atom. The third-order valence-electron chi connectivity index (χ3n) is 2.73. The summed E-state index contributed by atoms with van der Waals surface area (Å²) in [7, 11) is 0. The van der Waals surface area contributed by atoms with Gasteiger partial charge in [-0.3, -0.25) is 4.79 Å². The topological polar surface area (TPSA) is 17.1 Å². The number of rotatable bonds is 2. The van der Waals surface area contributed by atoms with Crippen LogP contribution in [-0.4, -0.2) is 5.78 Å². The molecule has 5 heteroatoms. The molecule has 2 rings (SSSR count). The van der Waals surface area contributed by atoms with Crippen LogP contribution in [0.3, 0.4) is 0 Å². The van der Waals surface area contributed by atoms with Crippen molar-refractivity contribution in [2.24, 2.45) is 0 Å². The number of halogens is 4. The van der Waals surface area contributed by atoms with E-state index in [-0.39, 0.29) is 31.4 Å². The van der Waals surface area contributed by atoms with Crippen LogP contribution < -0.4 is 0 Å². The van der Waals surface area contributed by atoms with Crippen molar-refractivity contribution < 1.29 is 4.79 Å². The lowest BCUT2D eigenvalue weighted by atomic mass is 9.99. The molecule has 0 amide bonds. The highest BCUT2D eigenvalue weighted by atomic mass is 35.5. The van der Waals surface area contributed by atoms with Crippen LogP contribution in [0.25, 0.3) is 0 Å². The molecule has 0 N–H and O–H groups in total. The highest BCUT2D eigenvalue weighted by Crippen LogP contribution is 2.38. The average Bonchev–Trinajstić information content (AvgIpc) is 2.36. The summed E-state index contributed by atoms with van der Waals surface area (Å²) in [4.78, 5) is 12.5. The van der Waals surface area contributed by atoms with Crippen LogP contribution in [0, 0.1) is 6.92 Å². The summed E-state index contributed by atoms with van der Waals surface area (Å²) >= 11 is 23.9. The molecule has 0 saturated heterocycles. The minimum absolute atomic E-state index is 0.0763. The van der Waals surface area contributed by atoms with Crippen LogP contribution in [0.5, 0.6) is 0 Å². The van der Waals surface area contributed by atoms with Crippen LogP contribution in [0.1, 0.15) is 21.5 Å². The second-order valence-corrected chi connectivity index (χ2v) is 5.56. The van der Waals surface area contributed by atoms with E-state index in [1.165, 1.54) is 6.07 Å². The molecule has 0 aliphatic heterocycles. The Kier molecular flexibility index (Phi) is 4.42. The van der Waals surface area contributed by atoms with Crippen LogP contribution in [-0.2, 0) is 0 Å². The second-order valence-electron chi connectivity index (χ2n) is 3.99. The van der Waals surface area contributed by atoms with Crippen LogP contribution in [0.4, 0.5) is 0 Å². The van der Waals surface area contributed by atoms with Crippen molar-refractivity contribution in [1.82, 2.24) is 0 Å². The zero-order valence-corrected chi connectivity index (χ0v) is 12.8. The summed E-state index contributed by atoms with van der Waals surface area (Å²) in [5.74, 6) is -0.272. The van der Waals surface area contributed by atoms with Crippen molar-refractivity contribution in [2.75, 3.05) is 0 Å². The van der Waals surface area contributed by atoms with E-state index >= 15 is 0 Å². The number of hydrogen-bond donors (Lipinski definition) is 0. The van der Waals surface area contributed by atoms with E-state index in [2.05, 4.69) is 0 Å². The Morgan fingerprint density at radius 3 is 2.21 bits per heavy atom. The molecule has 0 aliphatic rings. The van der Waals surface area contributed by atoms with Gasteiger partial charge in [0.15, 0.2) is 5.78 Å². The quantitative estimate of drug-likeness (QED) is 0.383. The fourth-order valence-electron chi connectivity index (χ4n) is 1.74. The Morgan fingerprint density at radius 2 is 1.58 bits per heavy atom. The molecule has 0 aromatic heterocycles. The lowest BCUT2D eigenvalue weighted by Gasteiger charge is -2.10. The van der Waals surface area contributed by atoms with Crippen molar-refractivity contribution in [3.05, 3.63) is 67.1 Å². The molecule has 0 fully saturated rings. The molecule has 0 aliphatic carbocycles. The molecule has 0 atom stereocenters. The third kappa shape index (κ3) is 2.75. The molecule has 2 aromatic rings. The van der Waals surface area contributed by atoms with Crippen molar-refractivity contribution in [3.8, 4) is 0 Å². The Balaban J connectivity index is 2.64. The predicted octanol–water partition coefficient (Wildman–Crippen LogP) is 5.84. The lowest BCUT2D eigenvalue weighted by Crippen LogP contribution is -2.05. The first-order chi connectivity index (χ1) is 8.93. The zero-order chi connectivity index (χ0) is 14.2. The maximum absolute atomic E-state index is 12.5. The standard InChI is InChI=1S/C14H8Cl4O/c1-7-4-2-3-5-8(7)14(19)11-9(15)6-10(16)12(17)13(11)18/h2-6H,1H3. The number of aryl methyl sites for hydroxylation is 1. The minimum atomic E-state index is -0.272. The second kappa shape index (κ2) is 5.72. The molecule has 0 unspecified atom stereocenters. The SMILES string of the molecule is Cc1ccccc1C(=O)c1c(Cl)cc(Cl)c(Cl)c1Cl. The van der Waals surface area contributed by atoms with Crippen LogP contribution in [0.15, 0.2) is 30.3 Å². The molecule has 2 aromatic carbocycles. The van der Waals surface area contributed by atoms with Crippen molar-refractivity contribution in [2.45, 2.75) is 6.92 Å². The third-order valence-corrected chi connectivity index (χ3v) is 4.29. The average molecular weight is 334 g/mol. The van der Waals surface area contributed by atoms with E-state index in [9.17, 15) is 4.79 Å². The summed E-state index contributed by atoms with van der Waals surface area (Å²) in [6.45, 7) is 1.84. The van der Waals surface area contributed by atoms with Crippen LogP contribution in [0.2, 0.25) is 20.1 Å². The van der Waals surface area contributed by atoms with E-state index in [0.29, 0.717) is 5.56 Å². The molecule has 0 saturated carbocycles. The summed E-state index contributed by atoms with van der Waals surface area (Å²) < 4.78 is 0. The van der Waals surface area contributed by atoms with Crippen molar-refractivity contribution >= 4 is 52.2 Å². The molecule has 98 valence electrons.